The van der Waals surface area contributed by atoms with E-state index in [4.69, 9.17) is 0 Å². The van der Waals surface area contributed by atoms with Crippen molar-refractivity contribution in [2.75, 3.05) is 17.6 Å². The van der Waals surface area contributed by atoms with Gasteiger partial charge in [0.05, 0.1) is 0 Å². The largest absolute Gasteiger partial charge is 0.362 e. The summed E-state index contributed by atoms with van der Waals surface area (Å²) in [6.07, 6.45) is 3.13. The molecule has 0 aliphatic heterocycles. The fraction of sp³-hybridized carbons (Fsp3) is 0.667. The van der Waals surface area contributed by atoms with E-state index in [1.54, 1.807) is 11.3 Å². The van der Waals surface area contributed by atoms with Gasteiger partial charge in [0.25, 0.3) is 0 Å². The van der Waals surface area contributed by atoms with Crippen LogP contribution >= 0.6 is 23.1 Å². The van der Waals surface area contributed by atoms with Crippen molar-refractivity contribution in [3.8, 4) is 0 Å². The molecule has 0 atom stereocenters. The second-order valence-corrected chi connectivity index (χ2v) is 5.09. The highest BCUT2D eigenvalue weighted by Crippen LogP contribution is 2.22. The molecule has 0 aliphatic rings. The van der Waals surface area contributed by atoms with Crippen molar-refractivity contribution in [3.63, 3.8) is 0 Å². The average molecular weight is 216 g/mol. The molecular weight excluding hydrogens is 200 g/mol. The number of anilines is 1. The molecule has 0 bridgehead atoms. The summed E-state index contributed by atoms with van der Waals surface area (Å²) in [5.41, 5.74) is 0. The molecule has 4 heteroatoms. The van der Waals surface area contributed by atoms with Crippen molar-refractivity contribution in [2.24, 2.45) is 0 Å². The summed E-state index contributed by atoms with van der Waals surface area (Å²) in [5, 5.41) is 4.35. The third-order valence-corrected chi connectivity index (χ3v) is 3.59. The molecule has 74 valence electrons. The average Bonchev–Trinajstić information content (AvgIpc) is 2.59. The minimum atomic E-state index is 1.02. The SMILES string of the molecule is CCCNc1ncc(CSCC)s1. The van der Waals surface area contributed by atoms with Crippen LogP contribution in [-0.2, 0) is 5.75 Å². The molecule has 1 rings (SSSR count). The fourth-order valence-electron chi connectivity index (χ4n) is 0.891. The summed E-state index contributed by atoms with van der Waals surface area (Å²) >= 11 is 3.71. The van der Waals surface area contributed by atoms with Gasteiger partial charge < -0.3 is 5.32 Å². The van der Waals surface area contributed by atoms with Crippen molar-refractivity contribution in [2.45, 2.75) is 26.0 Å². The first-order valence-electron chi connectivity index (χ1n) is 4.63. The maximum absolute atomic E-state index is 4.30. The van der Waals surface area contributed by atoms with Crippen molar-refractivity contribution in [1.82, 2.24) is 4.98 Å². The summed E-state index contributed by atoms with van der Waals surface area (Å²) in [4.78, 5) is 5.67. The molecule has 0 aromatic carbocycles. The highest BCUT2D eigenvalue weighted by Gasteiger charge is 1.99. The Balaban J connectivity index is 2.34. The number of rotatable bonds is 6. The predicted octanol–water partition coefficient (Wildman–Crippen LogP) is 3.22. The quantitative estimate of drug-likeness (QED) is 0.790. The van der Waals surface area contributed by atoms with Crippen molar-refractivity contribution in [3.05, 3.63) is 11.1 Å². The van der Waals surface area contributed by atoms with Gasteiger partial charge in [0.15, 0.2) is 5.13 Å². The predicted molar refractivity (Wildman–Crippen MR) is 62.7 cm³/mol. The molecule has 1 N–H and O–H groups in total. The molecule has 1 aromatic rings. The Morgan fingerprint density at radius 3 is 3.08 bits per heavy atom. The smallest absolute Gasteiger partial charge is 0.182 e. The van der Waals surface area contributed by atoms with E-state index in [9.17, 15) is 0 Å². The lowest BCUT2D eigenvalue weighted by Gasteiger charge is -1.96. The minimum absolute atomic E-state index is 1.02. The summed E-state index contributed by atoms with van der Waals surface area (Å²) in [6.45, 7) is 5.37. The molecule has 0 fully saturated rings. The van der Waals surface area contributed by atoms with Gasteiger partial charge in [-0.1, -0.05) is 13.8 Å². The summed E-state index contributed by atoms with van der Waals surface area (Å²) in [6, 6.07) is 0. The maximum Gasteiger partial charge on any atom is 0.182 e. The van der Waals surface area contributed by atoms with Crippen LogP contribution in [0, 0.1) is 0 Å². The molecule has 13 heavy (non-hydrogen) atoms. The van der Waals surface area contributed by atoms with E-state index >= 15 is 0 Å². The lowest BCUT2D eigenvalue weighted by molar-refractivity contribution is 0.976. The van der Waals surface area contributed by atoms with Gasteiger partial charge in [0.1, 0.15) is 0 Å². The number of aromatic nitrogens is 1. The first-order chi connectivity index (χ1) is 6.36. The third kappa shape index (κ3) is 4.00. The van der Waals surface area contributed by atoms with E-state index in [1.807, 2.05) is 18.0 Å². The monoisotopic (exact) mass is 216 g/mol. The molecule has 0 spiro atoms. The first kappa shape index (κ1) is 10.9. The van der Waals surface area contributed by atoms with Gasteiger partial charge in [-0.2, -0.15) is 11.8 Å². The number of nitrogens with one attached hydrogen (secondary N) is 1. The summed E-state index contributed by atoms with van der Waals surface area (Å²) in [5.74, 6) is 2.28. The van der Waals surface area contributed by atoms with Crippen LogP contribution < -0.4 is 5.32 Å². The highest BCUT2D eigenvalue weighted by atomic mass is 32.2. The highest BCUT2D eigenvalue weighted by molar-refractivity contribution is 7.98. The number of thiazole rings is 1. The Labute approximate surface area is 88.2 Å². The maximum atomic E-state index is 4.30. The zero-order chi connectivity index (χ0) is 9.52. The molecule has 0 radical (unpaired) electrons. The van der Waals surface area contributed by atoms with Gasteiger partial charge in [0.2, 0.25) is 0 Å². The van der Waals surface area contributed by atoms with E-state index in [2.05, 4.69) is 24.1 Å². The number of thioether (sulfide) groups is 1. The van der Waals surface area contributed by atoms with E-state index in [-0.39, 0.29) is 0 Å². The normalized spacial score (nSPS) is 10.3. The Hall–Kier alpha value is -0.220. The van der Waals surface area contributed by atoms with Crippen LogP contribution in [0.4, 0.5) is 5.13 Å². The van der Waals surface area contributed by atoms with Crippen molar-refractivity contribution >= 4 is 28.2 Å². The zero-order valence-electron chi connectivity index (χ0n) is 8.17. The third-order valence-electron chi connectivity index (χ3n) is 1.53. The van der Waals surface area contributed by atoms with Crippen LogP contribution in [0.3, 0.4) is 0 Å². The van der Waals surface area contributed by atoms with Gasteiger partial charge in [-0.25, -0.2) is 4.98 Å². The zero-order valence-corrected chi connectivity index (χ0v) is 9.80. The minimum Gasteiger partial charge on any atom is -0.362 e. The van der Waals surface area contributed by atoms with Crippen LogP contribution in [0.5, 0.6) is 0 Å². The van der Waals surface area contributed by atoms with Crippen LogP contribution in [0.25, 0.3) is 0 Å². The van der Waals surface area contributed by atoms with Crippen molar-refractivity contribution in [1.29, 1.82) is 0 Å². The Morgan fingerprint density at radius 1 is 1.54 bits per heavy atom. The second kappa shape index (κ2) is 6.27. The van der Waals surface area contributed by atoms with Crippen LogP contribution in [-0.4, -0.2) is 17.3 Å². The Kier molecular flexibility index (Phi) is 5.23. The number of hydrogen-bond donors (Lipinski definition) is 1. The van der Waals surface area contributed by atoms with E-state index in [0.29, 0.717) is 0 Å². The molecule has 2 nitrogen and oxygen atoms in total. The fourth-order valence-corrected chi connectivity index (χ4v) is 2.49. The second-order valence-electron chi connectivity index (χ2n) is 2.70. The van der Waals surface area contributed by atoms with Gasteiger partial charge in [-0.15, -0.1) is 11.3 Å². The van der Waals surface area contributed by atoms with Gasteiger partial charge in [-0.3, -0.25) is 0 Å². The number of hydrogen-bond acceptors (Lipinski definition) is 4. The molecule has 0 saturated heterocycles. The molecule has 0 saturated carbocycles. The lowest BCUT2D eigenvalue weighted by Crippen LogP contribution is -1.97. The Morgan fingerprint density at radius 2 is 2.38 bits per heavy atom. The molecular formula is C9H16N2S2. The van der Waals surface area contributed by atoms with Crippen molar-refractivity contribution < 1.29 is 0 Å². The van der Waals surface area contributed by atoms with E-state index in [0.717, 1.165) is 23.8 Å². The standard InChI is InChI=1S/C9H16N2S2/c1-3-5-10-9-11-6-8(13-9)7-12-4-2/h6H,3-5,7H2,1-2H3,(H,10,11). The van der Waals surface area contributed by atoms with Crippen LogP contribution in [0.2, 0.25) is 0 Å². The van der Waals surface area contributed by atoms with E-state index in [1.165, 1.54) is 10.6 Å². The topological polar surface area (TPSA) is 24.9 Å². The van der Waals surface area contributed by atoms with Crippen LogP contribution in [0.15, 0.2) is 6.20 Å². The first-order valence-corrected chi connectivity index (χ1v) is 6.60. The molecule has 0 amide bonds. The van der Waals surface area contributed by atoms with Gasteiger partial charge in [-0.05, 0) is 12.2 Å². The van der Waals surface area contributed by atoms with Gasteiger partial charge in [0, 0.05) is 23.4 Å². The van der Waals surface area contributed by atoms with Gasteiger partial charge >= 0.3 is 0 Å². The van der Waals surface area contributed by atoms with E-state index < -0.39 is 0 Å². The Bertz CT molecular complexity index is 213. The van der Waals surface area contributed by atoms with Crippen LogP contribution in [0.1, 0.15) is 25.1 Å². The molecule has 1 heterocycles. The summed E-state index contributed by atoms with van der Waals surface area (Å²) < 4.78 is 0. The molecule has 0 aliphatic carbocycles. The number of nitrogens with zero attached hydrogens (tertiary/aromatic N) is 1. The summed E-state index contributed by atoms with van der Waals surface area (Å²) in [7, 11) is 0. The lowest BCUT2D eigenvalue weighted by atomic mass is 10.5. The molecule has 0 unspecified atom stereocenters. The molecule has 1 aromatic heterocycles.